The van der Waals surface area contributed by atoms with Crippen molar-refractivity contribution in [2.45, 2.75) is 71.4 Å². The molecule has 1 saturated heterocycles. The maximum atomic E-state index is 5.47. The molecule has 7 heteroatoms. The Morgan fingerprint density at radius 1 is 1.31 bits per heavy atom. The molecule has 1 aliphatic rings. The van der Waals surface area contributed by atoms with Gasteiger partial charge in [-0.1, -0.05) is 25.9 Å². The first-order valence-corrected chi connectivity index (χ1v) is 9.85. The Balaban J connectivity index is 0.00000338. The molecule has 2 rings (SSSR count). The SMILES string of the molecule is CCCN1CCC(NC(=NC)NCc2cc(C(CC)CC)no2)CC1.I. The molecule has 1 fully saturated rings. The van der Waals surface area contributed by atoms with Crippen LogP contribution in [0.4, 0.5) is 0 Å². The van der Waals surface area contributed by atoms with Gasteiger partial charge in [-0.25, -0.2) is 0 Å². The van der Waals surface area contributed by atoms with Gasteiger partial charge in [-0.3, -0.25) is 4.99 Å². The first kappa shape index (κ1) is 23.2. The van der Waals surface area contributed by atoms with Crippen LogP contribution in [-0.2, 0) is 6.54 Å². The fourth-order valence-electron chi connectivity index (χ4n) is 3.49. The van der Waals surface area contributed by atoms with Crippen molar-refractivity contribution < 1.29 is 4.52 Å². The monoisotopic (exact) mass is 477 g/mol. The van der Waals surface area contributed by atoms with E-state index in [0.29, 0.717) is 18.5 Å². The van der Waals surface area contributed by atoms with Crippen LogP contribution in [-0.4, -0.2) is 48.7 Å². The predicted octanol–water partition coefficient (Wildman–Crippen LogP) is 3.74. The lowest BCUT2D eigenvalue weighted by Crippen LogP contribution is -2.48. The van der Waals surface area contributed by atoms with Gasteiger partial charge in [0.2, 0.25) is 0 Å². The van der Waals surface area contributed by atoms with Crippen LogP contribution in [0.2, 0.25) is 0 Å². The van der Waals surface area contributed by atoms with Gasteiger partial charge < -0.3 is 20.1 Å². The van der Waals surface area contributed by atoms with Gasteiger partial charge in [-0.05, 0) is 38.6 Å². The van der Waals surface area contributed by atoms with Gasteiger partial charge in [0.1, 0.15) is 0 Å². The number of nitrogens with one attached hydrogen (secondary N) is 2. The van der Waals surface area contributed by atoms with E-state index in [4.69, 9.17) is 4.52 Å². The molecule has 1 aromatic rings. The lowest BCUT2D eigenvalue weighted by Gasteiger charge is -2.32. The molecule has 0 aromatic carbocycles. The standard InChI is InChI=1S/C19H35N5O.HI/c1-5-10-24-11-8-16(9-12-24)22-19(20-4)21-14-17-13-18(23-25-17)15(6-2)7-3;/h13,15-16H,5-12,14H2,1-4H3,(H2,20,21,22);1H. The molecule has 0 spiro atoms. The van der Waals surface area contributed by atoms with Gasteiger partial charge in [-0.2, -0.15) is 0 Å². The molecule has 1 aliphatic heterocycles. The summed E-state index contributed by atoms with van der Waals surface area (Å²) in [5.74, 6) is 2.19. The third-order valence-electron chi connectivity index (χ3n) is 5.10. The van der Waals surface area contributed by atoms with E-state index >= 15 is 0 Å². The maximum absolute atomic E-state index is 5.47. The lowest BCUT2D eigenvalue weighted by molar-refractivity contribution is 0.206. The summed E-state index contributed by atoms with van der Waals surface area (Å²) in [5.41, 5.74) is 1.06. The number of piperidine rings is 1. The maximum Gasteiger partial charge on any atom is 0.191 e. The number of likely N-dealkylation sites (tertiary alicyclic amines) is 1. The molecule has 1 aromatic heterocycles. The Kier molecular flexibility index (Phi) is 11.2. The van der Waals surface area contributed by atoms with Crippen molar-refractivity contribution >= 4 is 29.9 Å². The number of aromatic nitrogens is 1. The quantitative estimate of drug-likeness (QED) is 0.339. The van der Waals surface area contributed by atoms with Gasteiger partial charge in [-0.15, -0.1) is 24.0 Å². The van der Waals surface area contributed by atoms with Crippen molar-refractivity contribution in [3.05, 3.63) is 17.5 Å². The number of aliphatic imine (C=N–C) groups is 1. The second-order valence-electron chi connectivity index (χ2n) is 6.92. The normalized spacial score (nSPS) is 16.6. The van der Waals surface area contributed by atoms with Crippen molar-refractivity contribution in [3.8, 4) is 0 Å². The summed E-state index contributed by atoms with van der Waals surface area (Å²) in [6, 6.07) is 2.57. The molecule has 0 radical (unpaired) electrons. The van der Waals surface area contributed by atoms with E-state index in [1.807, 2.05) is 7.05 Å². The fraction of sp³-hybridized carbons (Fsp3) is 0.789. The summed E-state index contributed by atoms with van der Waals surface area (Å²) in [4.78, 5) is 6.89. The van der Waals surface area contributed by atoms with Crippen LogP contribution in [0.1, 0.15) is 70.2 Å². The van der Waals surface area contributed by atoms with Crippen LogP contribution in [0.5, 0.6) is 0 Å². The third kappa shape index (κ3) is 7.06. The van der Waals surface area contributed by atoms with Crippen LogP contribution in [0.3, 0.4) is 0 Å². The molecule has 0 atom stereocenters. The highest BCUT2D eigenvalue weighted by Gasteiger charge is 2.19. The summed E-state index contributed by atoms with van der Waals surface area (Å²) < 4.78 is 5.47. The zero-order valence-electron chi connectivity index (χ0n) is 16.8. The average Bonchev–Trinajstić information content (AvgIpc) is 3.10. The molecule has 0 aliphatic carbocycles. The number of guanidine groups is 1. The van der Waals surface area contributed by atoms with Gasteiger partial charge in [0.15, 0.2) is 11.7 Å². The number of halogens is 1. The van der Waals surface area contributed by atoms with Crippen molar-refractivity contribution in [1.82, 2.24) is 20.7 Å². The lowest BCUT2D eigenvalue weighted by atomic mass is 9.99. The molecule has 0 amide bonds. The Hall–Kier alpha value is -0.830. The molecule has 0 bridgehead atoms. The number of nitrogens with zero attached hydrogens (tertiary/aromatic N) is 3. The highest BCUT2D eigenvalue weighted by atomic mass is 127. The van der Waals surface area contributed by atoms with Crippen LogP contribution in [0.15, 0.2) is 15.6 Å². The van der Waals surface area contributed by atoms with Crippen molar-refractivity contribution in [2.75, 3.05) is 26.7 Å². The Morgan fingerprint density at radius 2 is 2.00 bits per heavy atom. The predicted molar refractivity (Wildman–Crippen MR) is 118 cm³/mol. The molecule has 0 saturated carbocycles. The topological polar surface area (TPSA) is 65.7 Å². The van der Waals surface area contributed by atoms with Crippen LogP contribution < -0.4 is 10.6 Å². The third-order valence-corrected chi connectivity index (χ3v) is 5.10. The number of rotatable bonds is 8. The van der Waals surface area contributed by atoms with E-state index in [9.17, 15) is 0 Å². The zero-order valence-corrected chi connectivity index (χ0v) is 19.1. The minimum atomic E-state index is 0. The summed E-state index contributed by atoms with van der Waals surface area (Å²) in [6.45, 7) is 10.8. The molecular weight excluding hydrogens is 441 g/mol. The second-order valence-corrected chi connectivity index (χ2v) is 6.92. The minimum Gasteiger partial charge on any atom is -0.359 e. The molecule has 150 valence electrons. The smallest absolute Gasteiger partial charge is 0.191 e. The van der Waals surface area contributed by atoms with Crippen LogP contribution in [0, 0.1) is 0 Å². The van der Waals surface area contributed by atoms with E-state index in [1.54, 1.807) is 0 Å². The Labute approximate surface area is 175 Å². The summed E-state index contributed by atoms with van der Waals surface area (Å²) in [5, 5.41) is 11.1. The minimum absolute atomic E-state index is 0. The van der Waals surface area contributed by atoms with Crippen molar-refractivity contribution in [3.63, 3.8) is 0 Å². The van der Waals surface area contributed by atoms with Gasteiger partial charge in [0.05, 0.1) is 12.2 Å². The highest BCUT2D eigenvalue weighted by molar-refractivity contribution is 14.0. The van der Waals surface area contributed by atoms with Gasteiger partial charge in [0.25, 0.3) is 0 Å². The largest absolute Gasteiger partial charge is 0.359 e. The molecule has 2 N–H and O–H groups in total. The van der Waals surface area contributed by atoms with Crippen molar-refractivity contribution in [1.29, 1.82) is 0 Å². The van der Waals surface area contributed by atoms with Crippen molar-refractivity contribution in [2.24, 2.45) is 4.99 Å². The van der Waals surface area contributed by atoms with Crippen LogP contribution >= 0.6 is 24.0 Å². The van der Waals surface area contributed by atoms with E-state index in [-0.39, 0.29) is 24.0 Å². The summed E-state index contributed by atoms with van der Waals surface area (Å²) in [7, 11) is 1.82. The van der Waals surface area contributed by atoms with Gasteiger partial charge in [0, 0.05) is 38.2 Å². The zero-order chi connectivity index (χ0) is 18.1. The summed E-state index contributed by atoms with van der Waals surface area (Å²) >= 11 is 0. The fourth-order valence-corrected chi connectivity index (χ4v) is 3.49. The van der Waals surface area contributed by atoms with E-state index in [2.05, 4.69) is 52.5 Å². The molecule has 6 nitrogen and oxygen atoms in total. The average molecular weight is 477 g/mol. The van der Waals surface area contributed by atoms with E-state index in [0.717, 1.165) is 30.3 Å². The molecule has 2 heterocycles. The van der Waals surface area contributed by atoms with E-state index in [1.165, 1.54) is 38.9 Å². The number of hydrogen-bond acceptors (Lipinski definition) is 4. The first-order valence-electron chi connectivity index (χ1n) is 9.85. The molecule has 0 unspecified atom stereocenters. The highest BCUT2D eigenvalue weighted by Crippen LogP contribution is 2.22. The molecule has 26 heavy (non-hydrogen) atoms. The Bertz CT molecular complexity index is 522. The second kappa shape index (κ2) is 12.5. The van der Waals surface area contributed by atoms with Gasteiger partial charge >= 0.3 is 0 Å². The molecular formula is C19H36IN5O. The summed E-state index contributed by atoms with van der Waals surface area (Å²) in [6.07, 6.45) is 5.76. The first-order chi connectivity index (χ1) is 12.2. The number of hydrogen-bond donors (Lipinski definition) is 2. The Morgan fingerprint density at radius 3 is 2.58 bits per heavy atom. The van der Waals surface area contributed by atoms with E-state index < -0.39 is 0 Å². The van der Waals surface area contributed by atoms with Crippen LogP contribution in [0.25, 0.3) is 0 Å².